The summed E-state index contributed by atoms with van der Waals surface area (Å²) in [6, 6.07) is 11.0. The van der Waals surface area contributed by atoms with E-state index in [1.807, 2.05) is 0 Å². The van der Waals surface area contributed by atoms with Gasteiger partial charge in [-0.3, -0.25) is 4.90 Å². The molecule has 1 aromatic heterocycles. The highest BCUT2D eigenvalue weighted by Gasteiger charge is 2.24. The average Bonchev–Trinajstić information content (AvgIpc) is 2.96. The lowest BCUT2D eigenvalue weighted by Crippen LogP contribution is -2.51. The summed E-state index contributed by atoms with van der Waals surface area (Å²) in [7, 11) is 1.62. The molecule has 1 aliphatic heterocycles. The number of piperazine rings is 1. The van der Waals surface area contributed by atoms with E-state index >= 15 is 0 Å². The first-order valence-corrected chi connectivity index (χ1v) is 7.60. The molecule has 1 aromatic carbocycles. The zero-order valence-electron chi connectivity index (χ0n) is 13.1. The van der Waals surface area contributed by atoms with E-state index in [0.29, 0.717) is 18.5 Å². The maximum atomic E-state index is 5.14. The smallest absolute Gasteiger partial charge is 0.252 e. The fraction of sp³-hybridized carbons (Fsp3) is 0.500. The summed E-state index contributed by atoms with van der Waals surface area (Å²) < 4.78 is 10.1. The zero-order chi connectivity index (χ0) is 15.4. The van der Waals surface area contributed by atoms with Crippen molar-refractivity contribution in [1.29, 1.82) is 0 Å². The van der Waals surface area contributed by atoms with Crippen LogP contribution in [0.5, 0.6) is 0 Å². The van der Waals surface area contributed by atoms with Gasteiger partial charge >= 0.3 is 0 Å². The van der Waals surface area contributed by atoms with Crippen LogP contribution in [0, 0.1) is 0 Å². The first-order chi connectivity index (χ1) is 10.8. The molecule has 1 unspecified atom stereocenters. The van der Waals surface area contributed by atoms with Gasteiger partial charge in [0.1, 0.15) is 6.61 Å². The van der Waals surface area contributed by atoms with Gasteiger partial charge in [-0.25, -0.2) is 0 Å². The van der Waals surface area contributed by atoms with Crippen LogP contribution in [-0.2, 0) is 17.9 Å². The molecule has 1 fully saturated rings. The summed E-state index contributed by atoms with van der Waals surface area (Å²) in [5, 5.41) is 4.01. The highest BCUT2D eigenvalue weighted by Crippen LogP contribution is 2.20. The Morgan fingerprint density at radius 1 is 1.27 bits per heavy atom. The summed E-state index contributed by atoms with van der Waals surface area (Å²) >= 11 is 0. The molecule has 2 aromatic rings. The van der Waals surface area contributed by atoms with Crippen LogP contribution in [-0.4, -0.2) is 47.8 Å². The topological polar surface area (TPSA) is 54.6 Å². The normalized spacial score (nSPS) is 19.5. The molecular weight excluding hydrogens is 280 g/mol. The van der Waals surface area contributed by atoms with Crippen LogP contribution in [0.15, 0.2) is 34.9 Å². The van der Waals surface area contributed by atoms with Crippen molar-refractivity contribution in [2.24, 2.45) is 0 Å². The maximum absolute atomic E-state index is 5.14. The van der Waals surface area contributed by atoms with Crippen LogP contribution in [0.2, 0.25) is 0 Å². The fourth-order valence-corrected chi connectivity index (χ4v) is 2.92. The van der Waals surface area contributed by atoms with E-state index in [9.17, 15) is 0 Å². The van der Waals surface area contributed by atoms with Gasteiger partial charge in [0.05, 0.1) is 6.54 Å². The standard InChI is InChI=1S/C16H22N4O2/c1-13-10-19(11-15-17-16(12-21-2)22-18-15)8-9-20(13)14-6-4-3-5-7-14/h3-7,13H,8-12H2,1-2H3. The van der Waals surface area contributed by atoms with Gasteiger partial charge in [-0.15, -0.1) is 0 Å². The van der Waals surface area contributed by atoms with Crippen molar-refractivity contribution >= 4 is 5.69 Å². The molecule has 1 aliphatic rings. The van der Waals surface area contributed by atoms with Crippen molar-refractivity contribution < 1.29 is 9.26 Å². The minimum absolute atomic E-state index is 0.366. The van der Waals surface area contributed by atoms with Crippen LogP contribution in [0.25, 0.3) is 0 Å². The summed E-state index contributed by atoms with van der Waals surface area (Å²) in [6.45, 7) is 6.33. The second-order valence-corrected chi connectivity index (χ2v) is 5.65. The zero-order valence-corrected chi connectivity index (χ0v) is 13.1. The van der Waals surface area contributed by atoms with Gasteiger partial charge in [0.25, 0.3) is 5.89 Å². The van der Waals surface area contributed by atoms with Gasteiger partial charge in [0.15, 0.2) is 5.82 Å². The first-order valence-electron chi connectivity index (χ1n) is 7.60. The fourth-order valence-electron chi connectivity index (χ4n) is 2.92. The van der Waals surface area contributed by atoms with Crippen molar-refractivity contribution in [2.75, 3.05) is 31.6 Å². The Labute approximate surface area is 130 Å². The third kappa shape index (κ3) is 3.45. The van der Waals surface area contributed by atoms with Gasteiger partial charge in [0, 0.05) is 38.5 Å². The largest absolute Gasteiger partial charge is 0.375 e. The molecule has 0 spiro atoms. The van der Waals surface area contributed by atoms with E-state index < -0.39 is 0 Å². The third-order valence-corrected chi connectivity index (χ3v) is 3.94. The van der Waals surface area contributed by atoms with Crippen LogP contribution < -0.4 is 4.90 Å². The number of rotatable bonds is 5. The van der Waals surface area contributed by atoms with Crippen LogP contribution in [0.3, 0.4) is 0 Å². The molecule has 0 amide bonds. The Morgan fingerprint density at radius 2 is 2.09 bits per heavy atom. The van der Waals surface area contributed by atoms with Crippen LogP contribution in [0.4, 0.5) is 5.69 Å². The molecule has 22 heavy (non-hydrogen) atoms. The predicted molar refractivity (Wildman–Crippen MR) is 83.5 cm³/mol. The molecule has 0 aliphatic carbocycles. The molecule has 6 nitrogen and oxygen atoms in total. The summed E-state index contributed by atoms with van der Waals surface area (Å²) in [6.07, 6.45) is 0. The number of anilines is 1. The van der Waals surface area contributed by atoms with Crippen molar-refractivity contribution in [3.63, 3.8) is 0 Å². The first kappa shape index (κ1) is 15.0. The quantitative estimate of drug-likeness (QED) is 0.841. The number of hydrogen-bond acceptors (Lipinski definition) is 6. The molecule has 2 heterocycles. The van der Waals surface area contributed by atoms with E-state index in [2.05, 4.69) is 57.2 Å². The Balaban J connectivity index is 1.58. The van der Waals surface area contributed by atoms with Crippen LogP contribution >= 0.6 is 0 Å². The molecule has 118 valence electrons. The lowest BCUT2D eigenvalue weighted by atomic mass is 10.1. The van der Waals surface area contributed by atoms with Crippen LogP contribution in [0.1, 0.15) is 18.6 Å². The minimum atomic E-state index is 0.366. The van der Waals surface area contributed by atoms with Gasteiger partial charge in [-0.1, -0.05) is 23.4 Å². The number of benzene rings is 1. The molecule has 0 saturated carbocycles. The van der Waals surface area contributed by atoms with Crippen molar-refractivity contribution in [3.05, 3.63) is 42.0 Å². The predicted octanol–water partition coefficient (Wildman–Crippen LogP) is 1.93. The van der Waals surface area contributed by atoms with Crippen molar-refractivity contribution in [2.45, 2.75) is 26.1 Å². The number of para-hydroxylation sites is 1. The summed E-state index contributed by atoms with van der Waals surface area (Å²) in [5.41, 5.74) is 1.29. The molecule has 0 radical (unpaired) electrons. The van der Waals surface area contributed by atoms with Gasteiger partial charge in [-0.05, 0) is 19.1 Å². The van der Waals surface area contributed by atoms with Gasteiger partial charge < -0.3 is 14.2 Å². The van der Waals surface area contributed by atoms with E-state index in [1.165, 1.54) is 5.69 Å². The molecular formula is C16H22N4O2. The summed E-state index contributed by atoms with van der Waals surface area (Å²) in [4.78, 5) is 9.15. The molecule has 0 bridgehead atoms. The van der Waals surface area contributed by atoms with E-state index in [-0.39, 0.29) is 0 Å². The lowest BCUT2D eigenvalue weighted by molar-refractivity contribution is 0.151. The molecule has 0 N–H and O–H groups in total. The highest BCUT2D eigenvalue weighted by molar-refractivity contribution is 5.47. The monoisotopic (exact) mass is 302 g/mol. The molecule has 1 saturated heterocycles. The molecule has 1 atom stereocenters. The van der Waals surface area contributed by atoms with E-state index in [1.54, 1.807) is 7.11 Å². The molecule has 3 rings (SSSR count). The number of nitrogens with zero attached hydrogens (tertiary/aromatic N) is 4. The lowest BCUT2D eigenvalue weighted by Gasteiger charge is -2.40. The Morgan fingerprint density at radius 3 is 2.82 bits per heavy atom. The Bertz CT molecular complexity index is 587. The molecule has 6 heteroatoms. The number of methoxy groups -OCH3 is 1. The minimum Gasteiger partial charge on any atom is -0.375 e. The number of aromatic nitrogens is 2. The van der Waals surface area contributed by atoms with E-state index in [4.69, 9.17) is 9.26 Å². The van der Waals surface area contributed by atoms with Gasteiger partial charge in [-0.2, -0.15) is 4.98 Å². The van der Waals surface area contributed by atoms with Crippen molar-refractivity contribution in [1.82, 2.24) is 15.0 Å². The number of ether oxygens (including phenoxy) is 1. The summed E-state index contributed by atoms with van der Waals surface area (Å²) in [5.74, 6) is 1.26. The van der Waals surface area contributed by atoms with E-state index in [0.717, 1.165) is 32.0 Å². The third-order valence-electron chi connectivity index (χ3n) is 3.94. The second kappa shape index (κ2) is 6.89. The highest BCUT2D eigenvalue weighted by atomic mass is 16.5. The second-order valence-electron chi connectivity index (χ2n) is 5.65. The van der Waals surface area contributed by atoms with Gasteiger partial charge in [0.2, 0.25) is 0 Å². The maximum Gasteiger partial charge on any atom is 0.252 e. The average molecular weight is 302 g/mol. The Hall–Kier alpha value is -1.92. The SMILES string of the molecule is COCc1nc(CN2CCN(c3ccccc3)C(C)C2)no1. The Kier molecular flexibility index (Phi) is 4.70. The number of hydrogen-bond donors (Lipinski definition) is 0. The van der Waals surface area contributed by atoms with Crippen molar-refractivity contribution in [3.8, 4) is 0 Å².